The maximum absolute atomic E-state index is 14.8. The van der Waals surface area contributed by atoms with Gasteiger partial charge in [-0.1, -0.05) is 0 Å². The van der Waals surface area contributed by atoms with E-state index in [9.17, 15) is 32.3 Å². The van der Waals surface area contributed by atoms with E-state index in [4.69, 9.17) is 0 Å². The summed E-state index contributed by atoms with van der Waals surface area (Å²) in [7, 11) is 0. The van der Waals surface area contributed by atoms with Crippen molar-refractivity contribution in [3.05, 3.63) is 53.3 Å². The van der Waals surface area contributed by atoms with Crippen LogP contribution in [0.5, 0.6) is 5.75 Å². The summed E-state index contributed by atoms with van der Waals surface area (Å²) in [6, 6.07) is 7.34. The third kappa shape index (κ3) is 6.81. The third-order valence-electron chi connectivity index (χ3n) is 5.72. The van der Waals surface area contributed by atoms with Crippen LogP contribution in [0, 0.1) is 5.82 Å². The molecule has 0 spiro atoms. The van der Waals surface area contributed by atoms with E-state index in [1.807, 2.05) is 6.92 Å². The molecule has 1 aliphatic rings. The van der Waals surface area contributed by atoms with Crippen LogP contribution >= 0.6 is 11.8 Å². The third-order valence-corrected chi connectivity index (χ3v) is 6.94. The highest BCUT2D eigenvalue weighted by Crippen LogP contribution is 2.37. The summed E-state index contributed by atoms with van der Waals surface area (Å²) < 4.78 is 54.4. The Kier molecular flexibility index (Phi) is 7.88. The van der Waals surface area contributed by atoms with E-state index >= 15 is 0 Å². The van der Waals surface area contributed by atoms with Crippen molar-refractivity contribution < 1.29 is 37.0 Å². The molecule has 0 bridgehead atoms. The number of nitrogens with one attached hydrogen (secondary N) is 1. The number of amides is 2. The molecule has 35 heavy (non-hydrogen) atoms. The van der Waals surface area contributed by atoms with Gasteiger partial charge < -0.3 is 20.1 Å². The summed E-state index contributed by atoms with van der Waals surface area (Å²) in [5.74, 6) is -1.93. The Morgan fingerprint density at radius 3 is 2.40 bits per heavy atom. The number of anilines is 1. The van der Waals surface area contributed by atoms with E-state index in [1.165, 1.54) is 32.0 Å². The molecule has 1 aliphatic carbocycles. The topological polar surface area (TPSA) is 78.9 Å². The normalized spacial score (nSPS) is 15.8. The number of rotatable bonds is 7. The van der Waals surface area contributed by atoms with Crippen molar-refractivity contribution in [2.24, 2.45) is 0 Å². The van der Waals surface area contributed by atoms with E-state index in [2.05, 4.69) is 10.1 Å². The van der Waals surface area contributed by atoms with Crippen molar-refractivity contribution in [1.29, 1.82) is 0 Å². The first-order valence-corrected chi connectivity index (χ1v) is 11.8. The monoisotopic (exact) mass is 514 g/mol. The Bertz CT molecular complexity index is 1090. The number of halogens is 4. The number of aryl methyl sites for hydroxylation is 1. The van der Waals surface area contributed by atoms with Gasteiger partial charge in [0.2, 0.25) is 0 Å². The number of carboxylic acids is 1. The molecule has 3 rings (SSSR count). The van der Waals surface area contributed by atoms with Gasteiger partial charge in [-0.3, -0.25) is 4.79 Å². The maximum Gasteiger partial charge on any atom is 0.573 e. The zero-order chi connectivity index (χ0) is 26.0. The lowest BCUT2D eigenvalue weighted by atomic mass is 9.87. The van der Waals surface area contributed by atoms with Crippen molar-refractivity contribution >= 4 is 29.4 Å². The molecule has 0 aliphatic heterocycles. The fourth-order valence-electron chi connectivity index (χ4n) is 3.90. The van der Waals surface area contributed by atoms with Crippen LogP contribution in [-0.4, -0.2) is 45.7 Å². The van der Waals surface area contributed by atoms with Crippen LogP contribution in [0.2, 0.25) is 0 Å². The number of urea groups is 1. The zero-order valence-corrected chi connectivity index (χ0v) is 20.2. The van der Waals surface area contributed by atoms with Crippen LogP contribution in [0.25, 0.3) is 0 Å². The zero-order valence-electron chi connectivity index (χ0n) is 19.4. The molecular formula is C24H26F4N2O4S. The number of hydrogen-bond donors (Lipinski definition) is 2. The van der Waals surface area contributed by atoms with Crippen molar-refractivity contribution in [3.8, 4) is 5.75 Å². The summed E-state index contributed by atoms with van der Waals surface area (Å²) in [6.07, 6.45) is -3.15. The number of alkyl halides is 3. The standard InChI is InChI=1S/C24H26F4N2O4S/c1-4-30(22(33)29-16-6-9-18(10-7-16)34-24(26,27)28)17-8-5-14-13-20(19(25)12-15(14)11-17)35-23(2,3)21(31)32/h6-7,9-10,12-13,17H,4-5,8,11H2,1-3H3,(H,29,33)(H,31,32). The second-order valence-corrected chi connectivity index (χ2v) is 10.3. The second kappa shape index (κ2) is 10.3. The van der Waals surface area contributed by atoms with E-state index in [-0.39, 0.29) is 10.9 Å². The number of thioether (sulfide) groups is 1. The molecule has 11 heteroatoms. The quantitative estimate of drug-likeness (QED) is 0.345. The van der Waals surface area contributed by atoms with Crippen LogP contribution in [0.1, 0.15) is 38.3 Å². The SMILES string of the molecule is CCN(C(=O)Nc1ccc(OC(F)(F)F)cc1)C1CCc2cc(SC(C)(C)C(=O)O)c(F)cc2C1. The van der Waals surface area contributed by atoms with Gasteiger partial charge in [-0.05, 0) is 87.6 Å². The van der Waals surface area contributed by atoms with Gasteiger partial charge in [-0.25, -0.2) is 9.18 Å². The lowest BCUT2D eigenvalue weighted by Crippen LogP contribution is -2.45. The van der Waals surface area contributed by atoms with Gasteiger partial charge in [-0.2, -0.15) is 0 Å². The molecular weight excluding hydrogens is 488 g/mol. The summed E-state index contributed by atoms with van der Waals surface area (Å²) in [5.41, 5.74) is 1.99. The molecule has 1 atom stereocenters. The molecule has 1 unspecified atom stereocenters. The van der Waals surface area contributed by atoms with Gasteiger partial charge in [0.1, 0.15) is 16.3 Å². The van der Waals surface area contributed by atoms with Gasteiger partial charge in [0.15, 0.2) is 0 Å². The van der Waals surface area contributed by atoms with Gasteiger partial charge in [0.05, 0.1) is 0 Å². The number of hydrogen-bond acceptors (Lipinski definition) is 4. The first kappa shape index (κ1) is 26.7. The number of carbonyl (C=O) groups excluding carboxylic acids is 1. The predicted octanol–water partition coefficient (Wildman–Crippen LogP) is 6.09. The van der Waals surface area contributed by atoms with E-state index in [0.29, 0.717) is 31.5 Å². The molecule has 190 valence electrons. The minimum atomic E-state index is -4.80. The van der Waals surface area contributed by atoms with Crippen LogP contribution < -0.4 is 10.1 Å². The molecule has 0 saturated heterocycles. The molecule has 0 radical (unpaired) electrons. The number of benzene rings is 2. The van der Waals surface area contributed by atoms with E-state index < -0.39 is 34.7 Å². The summed E-state index contributed by atoms with van der Waals surface area (Å²) in [5, 5.41) is 12.0. The number of ether oxygens (including phenoxy) is 1. The molecule has 0 fully saturated rings. The van der Waals surface area contributed by atoms with E-state index in [0.717, 1.165) is 35.0 Å². The van der Waals surface area contributed by atoms with Crippen LogP contribution in [-0.2, 0) is 17.6 Å². The van der Waals surface area contributed by atoms with Crippen molar-refractivity contribution in [1.82, 2.24) is 4.90 Å². The first-order chi connectivity index (χ1) is 16.3. The highest BCUT2D eigenvalue weighted by atomic mass is 32.2. The highest BCUT2D eigenvalue weighted by molar-refractivity contribution is 8.01. The van der Waals surface area contributed by atoms with Gasteiger partial charge in [-0.15, -0.1) is 24.9 Å². The van der Waals surface area contributed by atoms with Crippen LogP contribution in [0.15, 0.2) is 41.3 Å². The molecule has 6 nitrogen and oxygen atoms in total. The van der Waals surface area contributed by atoms with Crippen LogP contribution in [0.3, 0.4) is 0 Å². The number of likely N-dealkylation sites (N-methyl/N-ethyl adjacent to an activating group) is 1. The maximum atomic E-state index is 14.8. The molecule has 2 aromatic rings. The van der Waals surface area contributed by atoms with Gasteiger partial charge >= 0.3 is 18.4 Å². The largest absolute Gasteiger partial charge is 0.573 e. The highest BCUT2D eigenvalue weighted by Gasteiger charge is 2.33. The number of nitrogens with zero attached hydrogens (tertiary/aromatic N) is 1. The summed E-state index contributed by atoms with van der Waals surface area (Å²) >= 11 is 0.955. The lowest BCUT2D eigenvalue weighted by Gasteiger charge is -2.35. The fourth-order valence-corrected chi connectivity index (χ4v) is 4.90. The Morgan fingerprint density at radius 1 is 1.17 bits per heavy atom. The van der Waals surface area contributed by atoms with Crippen molar-refractivity contribution in [2.45, 2.75) is 62.1 Å². The fraction of sp³-hybridized carbons (Fsp3) is 0.417. The van der Waals surface area contributed by atoms with Crippen molar-refractivity contribution in [3.63, 3.8) is 0 Å². The number of carbonyl (C=O) groups is 2. The molecule has 0 aromatic heterocycles. The Hall–Kier alpha value is -2.95. The Balaban J connectivity index is 1.69. The van der Waals surface area contributed by atoms with Gasteiger partial charge in [0, 0.05) is 23.2 Å². The number of carboxylic acid groups (broad SMARTS) is 1. The van der Waals surface area contributed by atoms with E-state index in [1.54, 1.807) is 11.0 Å². The smallest absolute Gasteiger partial charge is 0.480 e. The Labute approximate surface area is 204 Å². The number of aliphatic carboxylic acids is 1. The van der Waals surface area contributed by atoms with Crippen molar-refractivity contribution in [2.75, 3.05) is 11.9 Å². The predicted molar refractivity (Wildman–Crippen MR) is 124 cm³/mol. The molecule has 0 heterocycles. The lowest BCUT2D eigenvalue weighted by molar-refractivity contribution is -0.274. The molecule has 2 amide bonds. The summed E-state index contributed by atoms with van der Waals surface area (Å²) in [6.45, 7) is 5.22. The molecule has 2 N–H and O–H groups in total. The average Bonchev–Trinajstić information content (AvgIpc) is 2.75. The summed E-state index contributed by atoms with van der Waals surface area (Å²) in [4.78, 5) is 26.2. The second-order valence-electron chi connectivity index (χ2n) is 8.65. The number of fused-ring (bicyclic) bond motifs is 1. The average molecular weight is 515 g/mol. The first-order valence-electron chi connectivity index (χ1n) is 11.0. The van der Waals surface area contributed by atoms with Gasteiger partial charge in [0.25, 0.3) is 0 Å². The minimum Gasteiger partial charge on any atom is -0.480 e. The molecule has 2 aromatic carbocycles. The molecule has 0 saturated carbocycles. The van der Waals surface area contributed by atoms with Crippen LogP contribution in [0.4, 0.5) is 28.0 Å². The minimum absolute atomic E-state index is 0.200. The Morgan fingerprint density at radius 2 is 1.83 bits per heavy atom.